The number of nitrogens with two attached hydrogens (primary N) is 1. The standard InChI is InChI=1S/C21H29N5O2/c1-15(28-12-17-9-4-3-5-10-17)8-6-7-11-18(16(2)27)26-14-25-19-20(22)23-13-24-21(19)26/h3-5,9-10,13-16,18,27H,6-8,11-12H2,1-2H3,(H2,22,23,24)/t15?,16-,18+/m0/s1. The number of aliphatic hydroxyl groups is 1. The van der Waals surface area contributed by atoms with Crippen LogP contribution in [0.4, 0.5) is 5.82 Å². The molecule has 0 amide bonds. The molecule has 0 fully saturated rings. The molecule has 0 bridgehead atoms. The van der Waals surface area contributed by atoms with Gasteiger partial charge in [-0.05, 0) is 32.3 Å². The Morgan fingerprint density at radius 3 is 2.57 bits per heavy atom. The number of hydrogen-bond donors (Lipinski definition) is 2. The van der Waals surface area contributed by atoms with Gasteiger partial charge in [0.05, 0.1) is 31.2 Å². The van der Waals surface area contributed by atoms with Crippen molar-refractivity contribution in [2.24, 2.45) is 0 Å². The molecule has 1 aromatic carbocycles. The minimum Gasteiger partial charge on any atom is -0.391 e. The van der Waals surface area contributed by atoms with Crippen molar-refractivity contribution in [3.63, 3.8) is 0 Å². The zero-order valence-corrected chi connectivity index (χ0v) is 16.5. The molecule has 0 aliphatic rings. The summed E-state index contributed by atoms with van der Waals surface area (Å²) in [4.78, 5) is 12.6. The van der Waals surface area contributed by atoms with E-state index in [1.54, 1.807) is 13.3 Å². The number of aliphatic hydroxyl groups excluding tert-OH is 1. The minimum absolute atomic E-state index is 0.0974. The first-order valence-electron chi connectivity index (χ1n) is 9.83. The van der Waals surface area contributed by atoms with Gasteiger partial charge in [-0.25, -0.2) is 15.0 Å². The second-order valence-electron chi connectivity index (χ2n) is 7.28. The fourth-order valence-electron chi connectivity index (χ4n) is 3.41. The van der Waals surface area contributed by atoms with Gasteiger partial charge in [-0.1, -0.05) is 43.2 Å². The summed E-state index contributed by atoms with van der Waals surface area (Å²) in [6.45, 7) is 4.55. The first kappa shape index (κ1) is 20.2. The molecule has 3 aromatic rings. The quantitative estimate of drug-likeness (QED) is 0.520. The van der Waals surface area contributed by atoms with E-state index in [0.717, 1.165) is 25.7 Å². The van der Waals surface area contributed by atoms with Crippen LogP contribution in [0.25, 0.3) is 11.2 Å². The third kappa shape index (κ3) is 5.05. The average Bonchev–Trinajstić information content (AvgIpc) is 3.12. The Bertz CT molecular complexity index is 866. The lowest BCUT2D eigenvalue weighted by Crippen LogP contribution is -2.21. The Morgan fingerprint density at radius 1 is 1.07 bits per heavy atom. The van der Waals surface area contributed by atoms with Gasteiger partial charge in [-0.15, -0.1) is 0 Å². The summed E-state index contributed by atoms with van der Waals surface area (Å²) in [5.74, 6) is 0.359. The van der Waals surface area contributed by atoms with Crippen LogP contribution in [-0.4, -0.2) is 36.8 Å². The number of unbranched alkanes of at least 4 members (excludes halogenated alkanes) is 1. The zero-order chi connectivity index (χ0) is 19.9. The van der Waals surface area contributed by atoms with E-state index in [1.165, 1.54) is 11.9 Å². The molecule has 2 heterocycles. The molecule has 0 saturated heterocycles. The molecule has 3 atom stereocenters. The van der Waals surface area contributed by atoms with Crippen molar-refractivity contribution in [1.29, 1.82) is 0 Å². The smallest absolute Gasteiger partial charge is 0.165 e. The number of ether oxygens (including phenoxy) is 1. The summed E-state index contributed by atoms with van der Waals surface area (Å²) in [5.41, 5.74) is 8.30. The predicted molar refractivity (Wildman–Crippen MR) is 110 cm³/mol. The van der Waals surface area contributed by atoms with Gasteiger partial charge in [-0.2, -0.15) is 0 Å². The predicted octanol–water partition coefficient (Wildman–Crippen LogP) is 3.50. The number of benzene rings is 1. The van der Waals surface area contributed by atoms with E-state index in [9.17, 15) is 5.11 Å². The van der Waals surface area contributed by atoms with Crippen molar-refractivity contribution in [2.45, 2.75) is 64.4 Å². The van der Waals surface area contributed by atoms with Crippen LogP contribution in [0.5, 0.6) is 0 Å². The van der Waals surface area contributed by atoms with Gasteiger partial charge in [0.2, 0.25) is 0 Å². The lowest BCUT2D eigenvalue weighted by Gasteiger charge is -2.22. The third-order valence-electron chi connectivity index (χ3n) is 5.04. The van der Waals surface area contributed by atoms with Gasteiger partial charge >= 0.3 is 0 Å². The molecule has 2 aromatic heterocycles. The van der Waals surface area contributed by atoms with Crippen molar-refractivity contribution in [3.05, 3.63) is 48.5 Å². The highest BCUT2D eigenvalue weighted by atomic mass is 16.5. The van der Waals surface area contributed by atoms with Gasteiger partial charge in [0.15, 0.2) is 11.5 Å². The number of aromatic nitrogens is 4. The number of imidazole rings is 1. The molecule has 0 aliphatic heterocycles. The molecule has 0 radical (unpaired) electrons. The Kier molecular flexibility index (Phi) is 6.95. The normalized spacial score (nSPS) is 14.8. The molecule has 7 heteroatoms. The number of hydrogen-bond acceptors (Lipinski definition) is 6. The summed E-state index contributed by atoms with van der Waals surface area (Å²) < 4.78 is 7.84. The molecule has 1 unspecified atom stereocenters. The fourth-order valence-corrected chi connectivity index (χ4v) is 3.41. The van der Waals surface area contributed by atoms with Gasteiger partial charge in [-0.3, -0.25) is 0 Å². The average molecular weight is 383 g/mol. The Hall–Kier alpha value is -2.51. The molecule has 3 rings (SSSR count). The summed E-state index contributed by atoms with van der Waals surface area (Å²) in [7, 11) is 0. The van der Waals surface area contributed by atoms with E-state index >= 15 is 0 Å². The van der Waals surface area contributed by atoms with Crippen molar-refractivity contribution >= 4 is 17.0 Å². The van der Waals surface area contributed by atoms with Crippen LogP contribution < -0.4 is 5.73 Å². The number of nitrogen functional groups attached to an aromatic ring is 1. The van der Waals surface area contributed by atoms with E-state index < -0.39 is 6.10 Å². The van der Waals surface area contributed by atoms with Crippen LogP contribution in [0.1, 0.15) is 51.1 Å². The van der Waals surface area contributed by atoms with E-state index in [0.29, 0.717) is 23.6 Å². The number of nitrogens with zero attached hydrogens (tertiary/aromatic N) is 4. The van der Waals surface area contributed by atoms with Crippen molar-refractivity contribution < 1.29 is 9.84 Å². The topological polar surface area (TPSA) is 99.1 Å². The fraction of sp³-hybridized carbons (Fsp3) is 0.476. The lowest BCUT2D eigenvalue weighted by atomic mass is 10.0. The van der Waals surface area contributed by atoms with E-state index in [2.05, 4.69) is 34.0 Å². The van der Waals surface area contributed by atoms with Crippen molar-refractivity contribution in [1.82, 2.24) is 19.5 Å². The number of fused-ring (bicyclic) bond motifs is 1. The highest BCUT2D eigenvalue weighted by molar-refractivity contribution is 5.81. The van der Waals surface area contributed by atoms with Gasteiger partial charge < -0.3 is 20.1 Å². The Morgan fingerprint density at radius 2 is 1.82 bits per heavy atom. The molecular weight excluding hydrogens is 354 g/mol. The highest BCUT2D eigenvalue weighted by Gasteiger charge is 2.20. The minimum atomic E-state index is -0.514. The molecule has 0 spiro atoms. The lowest BCUT2D eigenvalue weighted by molar-refractivity contribution is 0.0452. The van der Waals surface area contributed by atoms with E-state index in [1.807, 2.05) is 22.8 Å². The second kappa shape index (κ2) is 9.61. The zero-order valence-electron chi connectivity index (χ0n) is 16.5. The first-order chi connectivity index (χ1) is 13.6. The van der Waals surface area contributed by atoms with Crippen molar-refractivity contribution in [2.75, 3.05) is 5.73 Å². The van der Waals surface area contributed by atoms with E-state index in [4.69, 9.17) is 10.5 Å². The monoisotopic (exact) mass is 383 g/mol. The maximum Gasteiger partial charge on any atom is 0.165 e. The molecule has 150 valence electrons. The van der Waals surface area contributed by atoms with Crippen LogP contribution in [0.15, 0.2) is 43.0 Å². The van der Waals surface area contributed by atoms with E-state index in [-0.39, 0.29) is 12.1 Å². The summed E-state index contributed by atoms with van der Waals surface area (Å²) in [6.07, 6.45) is 6.64. The molecule has 0 aliphatic carbocycles. The molecule has 7 nitrogen and oxygen atoms in total. The molecule has 0 saturated carbocycles. The number of rotatable bonds is 10. The number of anilines is 1. The summed E-state index contributed by atoms with van der Waals surface area (Å²) in [6, 6.07) is 10.1. The Balaban J connectivity index is 1.49. The third-order valence-corrected chi connectivity index (χ3v) is 5.04. The maximum atomic E-state index is 10.3. The first-order valence-corrected chi connectivity index (χ1v) is 9.83. The van der Waals surface area contributed by atoms with Gasteiger partial charge in [0.1, 0.15) is 11.8 Å². The SMILES string of the molecule is CC(CCCC[C@H]([C@H](C)O)n1cnc2c(N)ncnc21)OCc1ccccc1. The highest BCUT2D eigenvalue weighted by Crippen LogP contribution is 2.25. The second-order valence-corrected chi connectivity index (χ2v) is 7.28. The summed E-state index contributed by atoms with van der Waals surface area (Å²) >= 11 is 0. The maximum absolute atomic E-state index is 10.3. The summed E-state index contributed by atoms with van der Waals surface area (Å²) in [5, 5.41) is 10.3. The van der Waals surface area contributed by atoms with Crippen molar-refractivity contribution in [3.8, 4) is 0 Å². The van der Waals surface area contributed by atoms with Crippen LogP contribution in [0, 0.1) is 0 Å². The molecule has 28 heavy (non-hydrogen) atoms. The largest absolute Gasteiger partial charge is 0.391 e. The molecule has 3 N–H and O–H groups in total. The molecular formula is C21H29N5O2. The van der Waals surface area contributed by atoms with Crippen LogP contribution in [-0.2, 0) is 11.3 Å². The van der Waals surface area contributed by atoms with Crippen LogP contribution >= 0.6 is 0 Å². The van der Waals surface area contributed by atoms with Crippen LogP contribution in [0.2, 0.25) is 0 Å². The van der Waals surface area contributed by atoms with Gasteiger partial charge in [0.25, 0.3) is 0 Å². The van der Waals surface area contributed by atoms with Gasteiger partial charge in [0, 0.05) is 0 Å². The Labute approximate surface area is 165 Å². The van der Waals surface area contributed by atoms with Crippen LogP contribution in [0.3, 0.4) is 0 Å².